The standard InChI is InChI=1S/C22H21FN4O2S2/c1-3-13(2)25-17(28)12-30-22-26-18-16-5-4-10-24-20(16)31-19(18)21(29)27(22)11-14-6-8-15(23)9-7-14/h4-10,13H,3,11-12H2,1-2H3,(H,25,28)/t13-/m0/s1. The van der Waals surface area contributed by atoms with Crippen molar-refractivity contribution >= 4 is 49.4 Å². The average molecular weight is 457 g/mol. The number of carbonyl (C=O) groups is 1. The molecule has 0 aliphatic heterocycles. The van der Waals surface area contributed by atoms with Crippen LogP contribution in [0.1, 0.15) is 25.8 Å². The van der Waals surface area contributed by atoms with E-state index in [9.17, 15) is 14.0 Å². The molecule has 3 heterocycles. The van der Waals surface area contributed by atoms with Crippen LogP contribution in [0.3, 0.4) is 0 Å². The van der Waals surface area contributed by atoms with Crippen molar-refractivity contribution in [2.75, 3.05) is 5.75 Å². The number of nitrogens with one attached hydrogen (secondary N) is 1. The molecule has 0 radical (unpaired) electrons. The normalized spacial score (nSPS) is 12.4. The Morgan fingerprint density at radius 2 is 2.06 bits per heavy atom. The Labute approximate surface area is 186 Å². The Morgan fingerprint density at radius 1 is 1.29 bits per heavy atom. The highest BCUT2D eigenvalue weighted by Gasteiger charge is 2.18. The van der Waals surface area contributed by atoms with Gasteiger partial charge in [0, 0.05) is 17.6 Å². The Balaban J connectivity index is 1.76. The molecule has 1 N–H and O–H groups in total. The molecule has 0 unspecified atom stereocenters. The van der Waals surface area contributed by atoms with Crippen LogP contribution in [0.5, 0.6) is 0 Å². The summed E-state index contributed by atoms with van der Waals surface area (Å²) in [6.45, 7) is 4.19. The quantitative estimate of drug-likeness (QED) is 0.333. The van der Waals surface area contributed by atoms with Gasteiger partial charge in [0.2, 0.25) is 5.91 Å². The summed E-state index contributed by atoms with van der Waals surface area (Å²) in [4.78, 5) is 35.5. The van der Waals surface area contributed by atoms with Crippen molar-refractivity contribution in [2.24, 2.45) is 0 Å². The van der Waals surface area contributed by atoms with E-state index in [2.05, 4.69) is 10.3 Å². The molecular formula is C22H21FN4O2S2. The number of thiophene rings is 1. The summed E-state index contributed by atoms with van der Waals surface area (Å²) in [5.74, 6) is -0.304. The number of halogens is 1. The smallest absolute Gasteiger partial charge is 0.272 e. The fraction of sp³-hybridized carbons (Fsp3) is 0.273. The number of carbonyl (C=O) groups excluding carboxylic acids is 1. The number of hydrogen-bond donors (Lipinski definition) is 1. The molecule has 0 spiro atoms. The number of thioether (sulfide) groups is 1. The van der Waals surface area contributed by atoms with Gasteiger partial charge in [0.25, 0.3) is 5.56 Å². The second-order valence-electron chi connectivity index (χ2n) is 7.21. The first kappa shape index (κ1) is 21.5. The van der Waals surface area contributed by atoms with Crippen LogP contribution in [0.2, 0.25) is 0 Å². The van der Waals surface area contributed by atoms with Gasteiger partial charge < -0.3 is 5.32 Å². The molecule has 0 aliphatic carbocycles. The van der Waals surface area contributed by atoms with Crippen molar-refractivity contribution in [3.8, 4) is 0 Å². The molecule has 1 aromatic carbocycles. The second kappa shape index (κ2) is 9.15. The first-order chi connectivity index (χ1) is 15.0. The number of pyridine rings is 1. The zero-order chi connectivity index (χ0) is 22.0. The van der Waals surface area contributed by atoms with E-state index in [4.69, 9.17) is 4.98 Å². The van der Waals surface area contributed by atoms with Gasteiger partial charge >= 0.3 is 0 Å². The third-order valence-corrected chi connectivity index (χ3v) is 6.99. The van der Waals surface area contributed by atoms with Crippen LogP contribution in [-0.4, -0.2) is 32.2 Å². The molecule has 3 aromatic heterocycles. The van der Waals surface area contributed by atoms with Gasteiger partial charge in [-0.2, -0.15) is 0 Å². The van der Waals surface area contributed by atoms with Gasteiger partial charge in [-0.05, 0) is 43.2 Å². The molecule has 0 saturated heterocycles. The molecule has 0 fully saturated rings. The molecular weight excluding hydrogens is 435 g/mol. The Kier molecular flexibility index (Phi) is 6.33. The fourth-order valence-electron chi connectivity index (χ4n) is 3.11. The minimum Gasteiger partial charge on any atom is -0.353 e. The predicted octanol–water partition coefficient (Wildman–Crippen LogP) is 4.20. The van der Waals surface area contributed by atoms with Crippen molar-refractivity contribution in [3.63, 3.8) is 0 Å². The highest BCUT2D eigenvalue weighted by Crippen LogP contribution is 2.30. The van der Waals surface area contributed by atoms with Crippen LogP contribution in [0.4, 0.5) is 4.39 Å². The number of rotatable bonds is 7. The number of benzene rings is 1. The maximum atomic E-state index is 13.4. The number of aromatic nitrogens is 3. The minimum absolute atomic E-state index is 0.0804. The van der Waals surface area contributed by atoms with Crippen LogP contribution < -0.4 is 10.9 Å². The van der Waals surface area contributed by atoms with E-state index in [0.29, 0.717) is 15.4 Å². The van der Waals surface area contributed by atoms with Crippen molar-refractivity contribution in [1.29, 1.82) is 0 Å². The van der Waals surface area contributed by atoms with Crippen molar-refractivity contribution in [2.45, 2.75) is 38.0 Å². The van der Waals surface area contributed by atoms with Gasteiger partial charge in [0.15, 0.2) is 5.16 Å². The predicted molar refractivity (Wildman–Crippen MR) is 123 cm³/mol. The first-order valence-corrected chi connectivity index (χ1v) is 11.7. The van der Waals surface area contributed by atoms with E-state index in [-0.39, 0.29) is 35.6 Å². The summed E-state index contributed by atoms with van der Waals surface area (Å²) in [5.41, 5.74) is 1.18. The third-order valence-electron chi connectivity index (χ3n) is 4.92. The zero-order valence-electron chi connectivity index (χ0n) is 17.1. The molecule has 4 rings (SSSR count). The molecule has 1 amide bonds. The Morgan fingerprint density at radius 3 is 2.81 bits per heavy atom. The number of amides is 1. The summed E-state index contributed by atoms with van der Waals surface area (Å²) in [6, 6.07) is 9.79. The lowest BCUT2D eigenvalue weighted by molar-refractivity contribution is -0.119. The van der Waals surface area contributed by atoms with Gasteiger partial charge in [-0.1, -0.05) is 30.8 Å². The fourth-order valence-corrected chi connectivity index (χ4v) is 4.95. The minimum atomic E-state index is -0.337. The molecule has 9 heteroatoms. The summed E-state index contributed by atoms with van der Waals surface area (Å²) in [6.07, 6.45) is 2.52. The van der Waals surface area contributed by atoms with Gasteiger partial charge in [-0.25, -0.2) is 14.4 Å². The maximum absolute atomic E-state index is 13.4. The topological polar surface area (TPSA) is 76.9 Å². The van der Waals surface area contributed by atoms with Gasteiger partial charge in [0.05, 0.1) is 17.8 Å². The van der Waals surface area contributed by atoms with Crippen LogP contribution in [0.25, 0.3) is 20.4 Å². The van der Waals surface area contributed by atoms with Crippen LogP contribution in [-0.2, 0) is 11.3 Å². The number of hydrogen-bond acceptors (Lipinski definition) is 6. The molecule has 160 valence electrons. The summed E-state index contributed by atoms with van der Waals surface area (Å²) >= 11 is 2.53. The van der Waals surface area contributed by atoms with Gasteiger partial charge in [-0.15, -0.1) is 11.3 Å². The maximum Gasteiger partial charge on any atom is 0.272 e. The molecule has 6 nitrogen and oxygen atoms in total. The first-order valence-electron chi connectivity index (χ1n) is 9.91. The van der Waals surface area contributed by atoms with E-state index in [1.165, 1.54) is 35.2 Å². The molecule has 4 aromatic rings. The molecule has 0 bridgehead atoms. The summed E-state index contributed by atoms with van der Waals surface area (Å²) < 4.78 is 15.4. The lowest BCUT2D eigenvalue weighted by Crippen LogP contribution is -2.33. The van der Waals surface area contributed by atoms with E-state index in [1.807, 2.05) is 26.0 Å². The molecule has 31 heavy (non-hydrogen) atoms. The number of nitrogens with zero attached hydrogens (tertiary/aromatic N) is 3. The van der Waals surface area contributed by atoms with Gasteiger partial charge in [-0.3, -0.25) is 14.2 Å². The van der Waals surface area contributed by atoms with Crippen molar-refractivity contribution in [3.05, 3.63) is 64.3 Å². The van der Waals surface area contributed by atoms with Crippen LogP contribution >= 0.6 is 23.1 Å². The highest BCUT2D eigenvalue weighted by atomic mass is 32.2. The highest BCUT2D eigenvalue weighted by molar-refractivity contribution is 7.99. The average Bonchev–Trinajstić information content (AvgIpc) is 3.14. The molecule has 1 atom stereocenters. The summed E-state index contributed by atoms with van der Waals surface area (Å²) in [7, 11) is 0. The van der Waals surface area contributed by atoms with E-state index in [1.54, 1.807) is 22.9 Å². The zero-order valence-corrected chi connectivity index (χ0v) is 18.7. The van der Waals surface area contributed by atoms with Crippen LogP contribution in [0, 0.1) is 5.82 Å². The monoisotopic (exact) mass is 456 g/mol. The largest absolute Gasteiger partial charge is 0.353 e. The SMILES string of the molecule is CC[C@H](C)NC(=O)CSc1nc2c(sc3ncccc32)c(=O)n1Cc1ccc(F)cc1. The van der Waals surface area contributed by atoms with E-state index in [0.717, 1.165) is 22.2 Å². The molecule has 0 saturated carbocycles. The van der Waals surface area contributed by atoms with E-state index < -0.39 is 0 Å². The summed E-state index contributed by atoms with van der Waals surface area (Å²) in [5, 5.41) is 4.19. The lowest BCUT2D eigenvalue weighted by atomic mass is 10.2. The van der Waals surface area contributed by atoms with Crippen molar-refractivity contribution in [1.82, 2.24) is 19.9 Å². The molecule has 0 aliphatic rings. The van der Waals surface area contributed by atoms with Crippen molar-refractivity contribution < 1.29 is 9.18 Å². The Bertz CT molecular complexity index is 1300. The lowest BCUT2D eigenvalue weighted by Gasteiger charge is -2.14. The van der Waals surface area contributed by atoms with Gasteiger partial charge in [0.1, 0.15) is 15.3 Å². The Hall–Kier alpha value is -2.78. The third kappa shape index (κ3) is 4.62. The van der Waals surface area contributed by atoms with E-state index >= 15 is 0 Å². The number of fused-ring (bicyclic) bond motifs is 3. The van der Waals surface area contributed by atoms with Crippen LogP contribution in [0.15, 0.2) is 52.5 Å². The second-order valence-corrected chi connectivity index (χ2v) is 9.16.